The molecule has 0 heterocycles. The molecule has 1 N–H and O–H groups in total. The van der Waals surface area contributed by atoms with Gasteiger partial charge in [-0.15, -0.1) is 0 Å². The van der Waals surface area contributed by atoms with Gasteiger partial charge >= 0.3 is 5.97 Å². The summed E-state index contributed by atoms with van der Waals surface area (Å²) in [7, 11) is 0. The maximum absolute atomic E-state index is 11.0. The van der Waals surface area contributed by atoms with Gasteiger partial charge in [0.1, 0.15) is 12.9 Å². The Kier molecular flexibility index (Phi) is 5.60. The number of hydrogen-bond donors (Lipinski definition) is 1. The van der Waals surface area contributed by atoms with Gasteiger partial charge in [-0.2, -0.15) is 0 Å². The van der Waals surface area contributed by atoms with Gasteiger partial charge in [-0.3, -0.25) is 4.79 Å². The Balaban J connectivity index is 2.24. The highest BCUT2D eigenvalue weighted by Crippen LogP contribution is 2.36. The van der Waals surface area contributed by atoms with E-state index in [9.17, 15) is 9.59 Å². The van der Waals surface area contributed by atoms with E-state index in [-0.39, 0.29) is 17.2 Å². The Morgan fingerprint density at radius 2 is 2.04 bits per heavy atom. The van der Waals surface area contributed by atoms with Crippen LogP contribution in [-0.2, 0) is 6.61 Å². The fourth-order valence-corrected chi connectivity index (χ4v) is 2.28. The van der Waals surface area contributed by atoms with Gasteiger partial charge < -0.3 is 14.6 Å². The summed E-state index contributed by atoms with van der Waals surface area (Å²) in [5, 5.41) is 9.25. The summed E-state index contributed by atoms with van der Waals surface area (Å²) in [5.41, 5.74) is 1.25. The number of rotatable bonds is 7. The Bertz CT molecular complexity index is 727. The van der Waals surface area contributed by atoms with Gasteiger partial charge in [0.2, 0.25) is 0 Å². The first-order chi connectivity index (χ1) is 11.0. The number of hydrogen-bond acceptors (Lipinski definition) is 4. The molecule has 0 fully saturated rings. The highest BCUT2D eigenvalue weighted by Gasteiger charge is 2.13. The van der Waals surface area contributed by atoms with E-state index in [0.717, 1.165) is 0 Å². The van der Waals surface area contributed by atoms with Gasteiger partial charge in [0, 0.05) is 5.56 Å². The molecule has 0 saturated heterocycles. The van der Waals surface area contributed by atoms with Crippen LogP contribution in [0.1, 0.15) is 33.2 Å². The second kappa shape index (κ2) is 7.65. The van der Waals surface area contributed by atoms with E-state index >= 15 is 0 Å². The molecule has 6 heteroatoms. The van der Waals surface area contributed by atoms with Gasteiger partial charge in [0.25, 0.3) is 0 Å². The van der Waals surface area contributed by atoms with Gasteiger partial charge in [0.15, 0.2) is 11.5 Å². The van der Waals surface area contributed by atoms with Crippen molar-refractivity contribution < 1.29 is 24.2 Å². The van der Waals surface area contributed by atoms with Crippen LogP contribution in [-0.4, -0.2) is 24.0 Å². The van der Waals surface area contributed by atoms with Crippen molar-refractivity contribution in [2.75, 3.05) is 6.61 Å². The molecule has 23 heavy (non-hydrogen) atoms. The highest BCUT2D eigenvalue weighted by atomic mass is 35.5. The minimum absolute atomic E-state index is 0.126. The third-order valence-corrected chi connectivity index (χ3v) is 3.31. The Labute approximate surface area is 138 Å². The van der Waals surface area contributed by atoms with E-state index in [1.807, 2.05) is 6.92 Å². The summed E-state index contributed by atoms with van der Waals surface area (Å²) < 4.78 is 11.1. The largest absolute Gasteiger partial charge is 0.490 e. The van der Waals surface area contributed by atoms with E-state index in [0.29, 0.717) is 35.5 Å². The molecule has 0 amide bonds. The fraction of sp³-hybridized carbons (Fsp3) is 0.176. The van der Waals surface area contributed by atoms with Crippen LogP contribution >= 0.6 is 11.6 Å². The van der Waals surface area contributed by atoms with Crippen molar-refractivity contribution in [3.8, 4) is 11.5 Å². The molecule has 0 atom stereocenters. The molecule has 0 radical (unpaired) electrons. The first kappa shape index (κ1) is 16.8. The number of carbonyl (C=O) groups is 2. The number of carboxylic acid groups (broad SMARTS) is 1. The third-order valence-electron chi connectivity index (χ3n) is 3.02. The second-order valence-corrected chi connectivity index (χ2v) is 5.08. The minimum Gasteiger partial charge on any atom is -0.490 e. The van der Waals surface area contributed by atoms with Gasteiger partial charge in [-0.25, -0.2) is 4.79 Å². The summed E-state index contributed by atoms with van der Waals surface area (Å²) in [6.45, 7) is 2.33. The van der Waals surface area contributed by atoms with Crippen molar-refractivity contribution >= 4 is 23.9 Å². The van der Waals surface area contributed by atoms with Crippen LogP contribution < -0.4 is 9.47 Å². The maximum atomic E-state index is 11.0. The summed E-state index contributed by atoms with van der Waals surface area (Å²) >= 11 is 6.14. The minimum atomic E-state index is -1.00. The summed E-state index contributed by atoms with van der Waals surface area (Å²) in [4.78, 5) is 21.9. The van der Waals surface area contributed by atoms with Gasteiger partial charge in [0.05, 0.1) is 17.2 Å². The van der Waals surface area contributed by atoms with Crippen LogP contribution in [0.5, 0.6) is 11.5 Å². The molecule has 0 aliphatic carbocycles. The van der Waals surface area contributed by atoms with E-state index in [1.165, 1.54) is 18.2 Å². The maximum Gasteiger partial charge on any atom is 0.335 e. The number of ether oxygens (including phenoxy) is 2. The lowest BCUT2D eigenvalue weighted by atomic mass is 10.1. The summed E-state index contributed by atoms with van der Waals surface area (Å²) in [6, 6.07) is 9.45. The molecule has 0 aliphatic heterocycles. The van der Waals surface area contributed by atoms with E-state index in [2.05, 4.69) is 0 Å². The number of aldehydes is 1. The third kappa shape index (κ3) is 4.23. The van der Waals surface area contributed by atoms with Crippen LogP contribution in [0.25, 0.3) is 0 Å². The fourth-order valence-electron chi connectivity index (χ4n) is 2.01. The van der Waals surface area contributed by atoms with Gasteiger partial charge in [-0.05, 0) is 36.8 Å². The zero-order chi connectivity index (χ0) is 16.8. The summed E-state index contributed by atoms with van der Waals surface area (Å²) in [5.74, 6) is -0.313. The Morgan fingerprint density at radius 3 is 2.70 bits per heavy atom. The van der Waals surface area contributed by atoms with E-state index < -0.39 is 5.97 Å². The quantitative estimate of drug-likeness (QED) is 0.779. The lowest BCUT2D eigenvalue weighted by Crippen LogP contribution is -2.03. The van der Waals surface area contributed by atoms with E-state index in [1.54, 1.807) is 18.2 Å². The predicted octanol–water partition coefficient (Wildman–Crippen LogP) is 3.83. The highest BCUT2D eigenvalue weighted by molar-refractivity contribution is 6.32. The van der Waals surface area contributed by atoms with Crippen molar-refractivity contribution in [1.82, 2.24) is 0 Å². The Morgan fingerprint density at radius 1 is 1.26 bits per heavy atom. The smallest absolute Gasteiger partial charge is 0.335 e. The first-order valence-electron chi connectivity index (χ1n) is 6.91. The topological polar surface area (TPSA) is 72.8 Å². The molecule has 120 valence electrons. The van der Waals surface area contributed by atoms with Crippen LogP contribution in [0.3, 0.4) is 0 Å². The zero-order valence-electron chi connectivity index (χ0n) is 12.4. The standard InChI is InChI=1S/C17H15ClO5/c1-2-22-15-8-12(9-19)7-14(18)16(15)23-10-11-4-3-5-13(6-11)17(20)21/h3-9H,2,10H2,1H3,(H,20,21). The molecule has 0 aromatic heterocycles. The average molecular weight is 335 g/mol. The van der Waals surface area contributed by atoms with Crippen molar-refractivity contribution in [1.29, 1.82) is 0 Å². The van der Waals surface area contributed by atoms with Crippen molar-refractivity contribution in [2.45, 2.75) is 13.5 Å². The molecule has 0 spiro atoms. The predicted molar refractivity (Wildman–Crippen MR) is 85.7 cm³/mol. The molecule has 2 rings (SSSR count). The van der Waals surface area contributed by atoms with Crippen LogP contribution in [0, 0.1) is 0 Å². The molecule has 0 saturated carbocycles. The normalized spacial score (nSPS) is 10.2. The number of halogens is 1. The summed E-state index contributed by atoms with van der Waals surface area (Å²) in [6.07, 6.45) is 0.675. The lowest BCUT2D eigenvalue weighted by molar-refractivity contribution is 0.0696. The SMILES string of the molecule is CCOc1cc(C=O)cc(Cl)c1OCc1cccc(C(=O)O)c1. The first-order valence-corrected chi connectivity index (χ1v) is 7.29. The number of benzene rings is 2. The molecule has 0 bridgehead atoms. The van der Waals surface area contributed by atoms with E-state index in [4.69, 9.17) is 26.2 Å². The van der Waals surface area contributed by atoms with Crippen LogP contribution in [0.15, 0.2) is 36.4 Å². The number of aromatic carboxylic acids is 1. The molecule has 0 aliphatic rings. The molecular formula is C17H15ClO5. The van der Waals surface area contributed by atoms with Crippen molar-refractivity contribution in [2.24, 2.45) is 0 Å². The molecule has 5 nitrogen and oxygen atoms in total. The zero-order valence-corrected chi connectivity index (χ0v) is 13.2. The number of carboxylic acids is 1. The lowest BCUT2D eigenvalue weighted by Gasteiger charge is -2.14. The molecule has 0 unspecified atom stereocenters. The molecule has 2 aromatic rings. The average Bonchev–Trinajstić information content (AvgIpc) is 2.54. The monoisotopic (exact) mass is 334 g/mol. The van der Waals surface area contributed by atoms with Crippen molar-refractivity contribution in [3.63, 3.8) is 0 Å². The molecule has 2 aromatic carbocycles. The number of carbonyl (C=O) groups excluding carboxylic acids is 1. The molecular weight excluding hydrogens is 320 g/mol. The van der Waals surface area contributed by atoms with Gasteiger partial charge in [-0.1, -0.05) is 23.7 Å². The van der Waals surface area contributed by atoms with Crippen molar-refractivity contribution in [3.05, 3.63) is 58.1 Å². The Hall–Kier alpha value is -2.53. The second-order valence-electron chi connectivity index (χ2n) is 4.68. The van der Waals surface area contributed by atoms with Crippen LogP contribution in [0.4, 0.5) is 0 Å². The van der Waals surface area contributed by atoms with Crippen LogP contribution in [0.2, 0.25) is 5.02 Å².